The molecule has 58 heavy (non-hydrogen) atoms. The van der Waals surface area contributed by atoms with Crippen molar-refractivity contribution < 1.29 is 42.7 Å². The maximum atomic E-state index is 12.6. The number of phosphoric acid groups is 1. The quantitative estimate of drug-likeness (QED) is 0.0306. The van der Waals surface area contributed by atoms with Crippen LogP contribution in [0.25, 0.3) is 0 Å². The Hall–Kier alpha value is -1.03. The van der Waals surface area contributed by atoms with Crippen LogP contribution in [0.3, 0.4) is 0 Å². The van der Waals surface area contributed by atoms with Gasteiger partial charge in [0.05, 0.1) is 19.8 Å². The molecule has 0 aromatic rings. The average molecular weight is 848 g/mol. The van der Waals surface area contributed by atoms with E-state index in [0.717, 1.165) is 38.5 Å². The van der Waals surface area contributed by atoms with Crippen molar-refractivity contribution in [1.29, 1.82) is 0 Å². The number of nitrogens with two attached hydrogens (primary N) is 1. The topological polar surface area (TPSA) is 155 Å². The lowest BCUT2D eigenvalue weighted by molar-refractivity contribution is -0.154. The molecule has 0 rings (SSSR count). The lowest BCUT2D eigenvalue weighted by Gasteiger charge is -2.20. The Morgan fingerprint density at radius 2 is 0.793 bits per heavy atom. The minimum Gasteiger partial charge on any atom is -0.480 e. The number of carbonyl (C=O) groups is 2. The predicted molar refractivity (Wildman–Crippen MR) is 240 cm³/mol. The average Bonchev–Trinajstić information content (AvgIpc) is 3.20. The molecule has 0 bridgehead atoms. The van der Waals surface area contributed by atoms with Gasteiger partial charge in [-0.05, 0) is 12.8 Å². The van der Waals surface area contributed by atoms with E-state index in [4.69, 9.17) is 29.4 Å². The molecule has 346 valence electrons. The van der Waals surface area contributed by atoms with Crippen LogP contribution in [0.1, 0.15) is 251 Å². The standard InChI is InChI=1S/C47H94NO9P/c1-3-5-7-9-11-13-15-17-19-20-21-22-23-24-25-26-28-30-32-34-36-38-40-54-41-44(42-55-58(52,53)56-43-45(48)47(50)51)57-46(49)39-37-35-33-31-29-27-18-16-14-12-10-8-6-4-2/h44-45H,3-43,48H2,1-2H3,(H,50,51)(H,52,53). The molecule has 3 atom stereocenters. The highest BCUT2D eigenvalue weighted by Gasteiger charge is 2.27. The van der Waals surface area contributed by atoms with Gasteiger partial charge >= 0.3 is 19.8 Å². The monoisotopic (exact) mass is 848 g/mol. The SMILES string of the molecule is CCCCCCCCCCCCCCCCCCCCCCCCOCC(COP(=O)(O)OCC(N)C(=O)O)OC(=O)CCCCCCCCCCCCCCCC. The molecule has 0 amide bonds. The molecule has 0 aliphatic rings. The van der Waals surface area contributed by atoms with Gasteiger partial charge in [0.25, 0.3) is 0 Å². The molecular weight excluding hydrogens is 753 g/mol. The number of carboxylic acid groups (broad SMARTS) is 1. The van der Waals surface area contributed by atoms with Crippen LogP contribution in [0.15, 0.2) is 0 Å². The van der Waals surface area contributed by atoms with Crippen LogP contribution < -0.4 is 5.73 Å². The number of unbranched alkanes of at least 4 members (excludes halogenated alkanes) is 34. The van der Waals surface area contributed by atoms with Gasteiger partial charge in [0, 0.05) is 13.0 Å². The van der Waals surface area contributed by atoms with Crippen LogP contribution in [0, 0.1) is 0 Å². The maximum absolute atomic E-state index is 12.6. The Labute approximate surface area is 357 Å². The molecule has 0 heterocycles. The third kappa shape index (κ3) is 43.1. The zero-order valence-electron chi connectivity index (χ0n) is 37.9. The zero-order valence-corrected chi connectivity index (χ0v) is 38.8. The number of carbonyl (C=O) groups excluding carboxylic acids is 1. The number of carboxylic acids is 1. The molecule has 3 unspecified atom stereocenters. The van der Waals surface area contributed by atoms with Crippen molar-refractivity contribution in [3.8, 4) is 0 Å². The minimum atomic E-state index is -4.61. The number of esters is 1. The molecule has 0 aliphatic heterocycles. The van der Waals surface area contributed by atoms with Crippen LogP contribution in [0.2, 0.25) is 0 Å². The summed E-state index contributed by atoms with van der Waals surface area (Å²) in [6.07, 6.45) is 45.9. The van der Waals surface area contributed by atoms with E-state index in [1.54, 1.807) is 0 Å². The fourth-order valence-electron chi connectivity index (χ4n) is 7.31. The smallest absolute Gasteiger partial charge is 0.472 e. The van der Waals surface area contributed by atoms with Crippen molar-refractivity contribution in [2.45, 2.75) is 264 Å². The zero-order chi connectivity index (χ0) is 42.6. The number of ether oxygens (including phenoxy) is 2. The van der Waals surface area contributed by atoms with Crippen molar-refractivity contribution in [2.24, 2.45) is 5.73 Å². The van der Waals surface area contributed by atoms with E-state index < -0.39 is 45.1 Å². The van der Waals surface area contributed by atoms with Crippen molar-refractivity contribution in [3.63, 3.8) is 0 Å². The van der Waals surface area contributed by atoms with Crippen LogP contribution in [0.5, 0.6) is 0 Å². The van der Waals surface area contributed by atoms with E-state index in [2.05, 4.69) is 13.8 Å². The third-order valence-corrected chi connectivity index (χ3v) is 12.1. The first-order valence-electron chi connectivity index (χ1n) is 24.6. The van der Waals surface area contributed by atoms with Gasteiger partial charge in [0.2, 0.25) is 0 Å². The van der Waals surface area contributed by atoms with E-state index in [9.17, 15) is 19.0 Å². The summed E-state index contributed by atoms with van der Waals surface area (Å²) < 4.78 is 33.5. The fourth-order valence-corrected chi connectivity index (χ4v) is 8.09. The Bertz CT molecular complexity index is 940. The van der Waals surface area contributed by atoms with Crippen molar-refractivity contribution in [2.75, 3.05) is 26.4 Å². The summed E-state index contributed by atoms with van der Waals surface area (Å²) in [5.74, 6) is -1.76. The highest BCUT2D eigenvalue weighted by atomic mass is 31.2. The summed E-state index contributed by atoms with van der Waals surface area (Å²) in [7, 11) is -4.61. The molecule has 0 spiro atoms. The lowest BCUT2D eigenvalue weighted by atomic mass is 10.0. The third-order valence-electron chi connectivity index (χ3n) is 11.1. The van der Waals surface area contributed by atoms with Gasteiger partial charge in [-0.3, -0.25) is 18.6 Å². The van der Waals surface area contributed by atoms with E-state index in [1.807, 2.05) is 0 Å². The molecule has 0 saturated carbocycles. The van der Waals surface area contributed by atoms with Crippen LogP contribution in [-0.2, 0) is 32.7 Å². The molecule has 10 nitrogen and oxygen atoms in total. The van der Waals surface area contributed by atoms with Gasteiger partial charge in [-0.2, -0.15) is 0 Å². The van der Waals surface area contributed by atoms with Gasteiger partial charge < -0.3 is 25.2 Å². The molecule has 0 aromatic carbocycles. The van der Waals surface area contributed by atoms with Crippen molar-refractivity contribution >= 4 is 19.8 Å². The highest BCUT2D eigenvalue weighted by Crippen LogP contribution is 2.43. The molecular formula is C47H94NO9P. The number of hydrogen-bond acceptors (Lipinski definition) is 8. The number of hydrogen-bond donors (Lipinski definition) is 3. The second-order valence-electron chi connectivity index (χ2n) is 17.0. The van der Waals surface area contributed by atoms with Gasteiger partial charge in [-0.15, -0.1) is 0 Å². The maximum Gasteiger partial charge on any atom is 0.472 e. The van der Waals surface area contributed by atoms with E-state index in [0.29, 0.717) is 6.61 Å². The summed E-state index contributed by atoms with van der Waals surface area (Å²) in [5, 5.41) is 8.91. The summed E-state index contributed by atoms with van der Waals surface area (Å²) in [5.41, 5.74) is 5.37. The summed E-state index contributed by atoms with van der Waals surface area (Å²) >= 11 is 0. The highest BCUT2D eigenvalue weighted by molar-refractivity contribution is 7.47. The van der Waals surface area contributed by atoms with Gasteiger partial charge in [-0.1, -0.05) is 232 Å². The number of phosphoric ester groups is 1. The minimum absolute atomic E-state index is 0.0262. The second kappa shape index (κ2) is 44.0. The summed E-state index contributed by atoms with van der Waals surface area (Å²) in [6.45, 7) is 3.94. The van der Waals surface area contributed by atoms with Gasteiger partial charge in [0.15, 0.2) is 0 Å². The molecule has 0 aromatic heterocycles. The molecule has 0 saturated heterocycles. The van der Waals surface area contributed by atoms with Crippen LogP contribution in [-0.4, -0.2) is 60.5 Å². The molecule has 0 aliphatic carbocycles. The number of aliphatic carboxylic acids is 1. The van der Waals surface area contributed by atoms with Crippen molar-refractivity contribution in [1.82, 2.24) is 0 Å². The van der Waals surface area contributed by atoms with E-state index in [1.165, 1.54) is 193 Å². The summed E-state index contributed by atoms with van der Waals surface area (Å²) in [4.78, 5) is 33.6. The Balaban J connectivity index is 4.06. The Kier molecular flexibility index (Phi) is 43.3. The number of rotatable bonds is 48. The van der Waals surface area contributed by atoms with Gasteiger partial charge in [-0.25, -0.2) is 4.57 Å². The fraction of sp³-hybridized carbons (Fsp3) is 0.957. The van der Waals surface area contributed by atoms with E-state index in [-0.39, 0.29) is 13.0 Å². The first-order valence-corrected chi connectivity index (χ1v) is 26.1. The molecule has 0 fully saturated rings. The Morgan fingerprint density at radius 3 is 1.14 bits per heavy atom. The largest absolute Gasteiger partial charge is 0.480 e. The molecule has 0 radical (unpaired) electrons. The molecule has 11 heteroatoms. The second-order valence-corrected chi connectivity index (χ2v) is 18.4. The first-order chi connectivity index (χ1) is 28.2. The van der Waals surface area contributed by atoms with Crippen molar-refractivity contribution in [3.05, 3.63) is 0 Å². The van der Waals surface area contributed by atoms with E-state index >= 15 is 0 Å². The normalized spacial score (nSPS) is 13.7. The Morgan fingerprint density at radius 1 is 0.483 bits per heavy atom. The lowest BCUT2D eigenvalue weighted by Crippen LogP contribution is -2.34. The molecule has 4 N–H and O–H groups in total. The summed E-state index contributed by atoms with van der Waals surface area (Å²) in [6, 6.07) is -1.47. The first kappa shape index (κ1) is 57.0. The predicted octanol–water partition coefficient (Wildman–Crippen LogP) is 13.9. The van der Waals surface area contributed by atoms with Crippen LogP contribution >= 0.6 is 7.82 Å². The van der Waals surface area contributed by atoms with Crippen LogP contribution in [0.4, 0.5) is 0 Å². The van der Waals surface area contributed by atoms with Gasteiger partial charge in [0.1, 0.15) is 12.1 Å².